The lowest BCUT2D eigenvalue weighted by Gasteiger charge is -2.10. The monoisotopic (exact) mass is 386 g/mol. The van der Waals surface area contributed by atoms with Gasteiger partial charge in [0.25, 0.3) is 0 Å². The summed E-state index contributed by atoms with van der Waals surface area (Å²) in [7, 11) is -0.650. The smallest absolute Gasteiger partial charge is 0.0251 e. The first-order valence-corrected chi connectivity index (χ1v) is 13.9. The van der Waals surface area contributed by atoms with Crippen LogP contribution in [0.5, 0.6) is 0 Å². The fourth-order valence-electron chi connectivity index (χ4n) is 3.68. The van der Waals surface area contributed by atoms with E-state index in [1.54, 1.807) is 0 Å². The minimum Gasteiger partial charge on any atom is -0.374 e. The van der Waals surface area contributed by atoms with Gasteiger partial charge in [-0.05, 0) is 25.2 Å². The van der Waals surface area contributed by atoms with E-state index in [1.165, 1.54) is 128 Å². The molecule has 0 radical (unpaired) electrons. The predicted molar refractivity (Wildman–Crippen MR) is 123 cm³/mol. The van der Waals surface area contributed by atoms with Gasteiger partial charge in [-0.2, -0.15) is 0 Å². The number of rotatable bonds is 22. The summed E-state index contributed by atoms with van der Waals surface area (Å²) in [6.45, 7) is 4.57. The van der Waals surface area contributed by atoms with Crippen LogP contribution in [0.15, 0.2) is 0 Å². The molecule has 0 spiro atoms. The Morgan fingerprint density at radius 1 is 0.385 bits per heavy atom. The topological polar surface area (TPSA) is 20.2 Å². The van der Waals surface area contributed by atoms with Crippen LogP contribution < -0.4 is 0 Å². The van der Waals surface area contributed by atoms with Crippen LogP contribution in [0, 0.1) is 0 Å². The maximum Gasteiger partial charge on any atom is 0.0251 e. The summed E-state index contributed by atoms with van der Waals surface area (Å²) in [6, 6.07) is 0. The standard InChI is InChI=1S/C24H51OP/c1-3-5-7-9-11-13-15-17-19-21-23-26(25)24-22-20-18-16-14-12-10-8-6-4-2/h25H,3-24H2,1-2H3. The number of unbranched alkanes of at least 4 members (excludes halogenated alkanes) is 18. The minimum atomic E-state index is -0.650. The molecule has 0 fully saturated rings. The molecule has 0 aliphatic rings. The fourth-order valence-corrected chi connectivity index (χ4v) is 5.08. The predicted octanol–water partition coefficient (Wildman–Crippen LogP) is 9.22. The molecule has 0 saturated heterocycles. The molecule has 2 heteroatoms. The molecule has 0 saturated carbocycles. The van der Waals surface area contributed by atoms with Crippen LogP contribution in [0.3, 0.4) is 0 Å². The van der Waals surface area contributed by atoms with Gasteiger partial charge in [0.1, 0.15) is 0 Å². The molecule has 0 amide bonds. The van der Waals surface area contributed by atoms with Crippen molar-refractivity contribution < 1.29 is 4.89 Å². The SMILES string of the molecule is CCCCCCCCCCCCP(O)CCCCCCCCCCCC. The van der Waals surface area contributed by atoms with Gasteiger partial charge in [0.15, 0.2) is 0 Å². The highest BCUT2D eigenvalue weighted by atomic mass is 31.1. The number of hydrogen-bond donors (Lipinski definition) is 1. The van der Waals surface area contributed by atoms with Gasteiger partial charge in [0.2, 0.25) is 0 Å². The highest BCUT2D eigenvalue weighted by molar-refractivity contribution is 7.51. The van der Waals surface area contributed by atoms with Crippen molar-refractivity contribution in [1.82, 2.24) is 0 Å². The number of hydrogen-bond acceptors (Lipinski definition) is 1. The molecule has 0 bridgehead atoms. The van der Waals surface area contributed by atoms with Crippen LogP contribution in [0.4, 0.5) is 0 Å². The molecule has 1 N–H and O–H groups in total. The van der Waals surface area contributed by atoms with Crippen molar-refractivity contribution >= 4 is 8.15 Å². The van der Waals surface area contributed by atoms with Crippen molar-refractivity contribution in [2.45, 2.75) is 142 Å². The molecule has 0 aromatic carbocycles. The quantitative estimate of drug-likeness (QED) is 0.145. The Morgan fingerprint density at radius 3 is 0.885 bits per heavy atom. The molecule has 26 heavy (non-hydrogen) atoms. The first kappa shape index (κ1) is 26.4. The molecule has 0 atom stereocenters. The van der Waals surface area contributed by atoms with Gasteiger partial charge < -0.3 is 4.89 Å². The van der Waals surface area contributed by atoms with Crippen LogP contribution in [0.2, 0.25) is 0 Å². The van der Waals surface area contributed by atoms with Crippen molar-refractivity contribution in [2.75, 3.05) is 12.3 Å². The van der Waals surface area contributed by atoms with E-state index in [4.69, 9.17) is 0 Å². The molecule has 158 valence electrons. The maximum atomic E-state index is 10.2. The van der Waals surface area contributed by atoms with Crippen LogP contribution in [-0.2, 0) is 0 Å². The van der Waals surface area contributed by atoms with Crippen molar-refractivity contribution in [3.05, 3.63) is 0 Å². The molecular formula is C24H51OP. The van der Waals surface area contributed by atoms with E-state index in [1.807, 2.05) is 0 Å². The highest BCUT2D eigenvalue weighted by Crippen LogP contribution is 2.33. The molecule has 0 aliphatic heterocycles. The summed E-state index contributed by atoms with van der Waals surface area (Å²) >= 11 is 0. The average Bonchev–Trinajstić information content (AvgIpc) is 2.64. The Labute approximate surface area is 168 Å². The van der Waals surface area contributed by atoms with Crippen LogP contribution in [0.25, 0.3) is 0 Å². The van der Waals surface area contributed by atoms with Gasteiger partial charge in [0.05, 0.1) is 0 Å². The summed E-state index contributed by atoms with van der Waals surface area (Å²) in [5.41, 5.74) is 0. The van der Waals surface area contributed by atoms with E-state index >= 15 is 0 Å². The van der Waals surface area contributed by atoms with E-state index in [9.17, 15) is 4.89 Å². The van der Waals surface area contributed by atoms with E-state index in [0.29, 0.717) is 0 Å². The molecule has 0 rings (SSSR count). The maximum absolute atomic E-state index is 10.2. The summed E-state index contributed by atoms with van der Waals surface area (Å²) in [4.78, 5) is 10.2. The summed E-state index contributed by atoms with van der Waals surface area (Å²) < 4.78 is 0. The Morgan fingerprint density at radius 2 is 0.615 bits per heavy atom. The van der Waals surface area contributed by atoms with Crippen molar-refractivity contribution in [3.8, 4) is 0 Å². The summed E-state index contributed by atoms with van der Waals surface area (Å²) in [5, 5.41) is 0. The molecule has 1 nitrogen and oxygen atoms in total. The third-order valence-electron chi connectivity index (χ3n) is 5.54. The Kier molecular flexibility index (Phi) is 23.8. The Balaban J connectivity index is 3.12. The van der Waals surface area contributed by atoms with E-state index < -0.39 is 8.15 Å². The van der Waals surface area contributed by atoms with Crippen LogP contribution in [0.1, 0.15) is 142 Å². The average molecular weight is 387 g/mol. The van der Waals surface area contributed by atoms with Crippen molar-refractivity contribution in [3.63, 3.8) is 0 Å². The third-order valence-corrected chi connectivity index (χ3v) is 7.20. The van der Waals surface area contributed by atoms with Crippen LogP contribution >= 0.6 is 8.15 Å². The zero-order valence-electron chi connectivity index (χ0n) is 18.5. The normalized spacial score (nSPS) is 11.5. The fraction of sp³-hybridized carbons (Fsp3) is 1.00. The van der Waals surface area contributed by atoms with Crippen molar-refractivity contribution in [2.24, 2.45) is 0 Å². The molecule has 0 unspecified atom stereocenters. The lowest BCUT2D eigenvalue weighted by Crippen LogP contribution is -1.91. The second-order valence-electron chi connectivity index (χ2n) is 8.32. The lowest BCUT2D eigenvalue weighted by atomic mass is 10.1. The zero-order valence-corrected chi connectivity index (χ0v) is 19.3. The summed E-state index contributed by atoms with van der Waals surface area (Å²) in [5.74, 6) is 0. The first-order chi connectivity index (χ1) is 12.8. The van der Waals surface area contributed by atoms with E-state index in [2.05, 4.69) is 13.8 Å². The Hall–Kier alpha value is 0.390. The largest absolute Gasteiger partial charge is 0.374 e. The second-order valence-corrected chi connectivity index (χ2v) is 10.2. The molecule has 0 aromatic heterocycles. The first-order valence-electron chi connectivity index (χ1n) is 12.2. The molecule has 0 aromatic rings. The van der Waals surface area contributed by atoms with Gasteiger partial charge in [-0.3, -0.25) is 0 Å². The van der Waals surface area contributed by atoms with Gasteiger partial charge >= 0.3 is 0 Å². The van der Waals surface area contributed by atoms with Gasteiger partial charge in [-0.1, -0.05) is 129 Å². The zero-order chi connectivity index (χ0) is 19.1. The second kappa shape index (κ2) is 23.4. The van der Waals surface area contributed by atoms with E-state index in [-0.39, 0.29) is 0 Å². The highest BCUT2D eigenvalue weighted by Gasteiger charge is 2.03. The molecule has 0 heterocycles. The minimum absolute atomic E-state index is 0.650. The van der Waals surface area contributed by atoms with Crippen molar-refractivity contribution in [1.29, 1.82) is 0 Å². The third kappa shape index (κ3) is 22.4. The van der Waals surface area contributed by atoms with Gasteiger partial charge in [-0.25, -0.2) is 0 Å². The molecular weight excluding hydrogens is 335 g/mol. The lowest BCUT2D eigenvalue weighted by molar-refractivity contribution is 0.554. The van der Waals surface area contributed by atoms with Crippen LogP contribution in [-0.4, -0.2) is 17.2 Å². The summed E-state index contributed by atoms with van der Waals surface area (Å²) in [6.07, 6.45) is 30.0. The Bertz CT molecular complexity index is 220. The van der Waals surface area contributed by atoms with Gasteiger partial charge in [-0.15, -0.1) is 0 Å². The van der Waals surface area contributed by atoms with E-state index in [0.717, 1.165) is 12.3 Å². The molecule has 0 aliphatic carbocycles. The van der Waals surface area contributed by atoms with Gasteiger partial charge in [0, 0.05) is 8.15 Å².